The maximum atomic E-state index is 12.0. The van der Waals surface area contributed by atoms with Crippen molar-refractivity contribution in [3.05, 3.63) is 29.8 Å². The van der Waals surface area contributed by atoms with Gasteiger partial charge in [-0.1, -0.05) is 0 Å². The molecule has 0 unspecified atom stereocenters. The minimum atomic E-state index is -0.329. The van der Waals surface area contributed by atoms with Gasteiger partial charge < -0.3 is 14.4 Å². The van der Waals surface area contributed by atoms with Gasteiger partial charge >= 0.3 is 5.97 Å². The molecule has 0 fully saturated rings. The molecule has 0 aliphatic heterocycles. The lowest BCUT2D eigenvalue weighted by atomic mass is 10.2. The van der Waals surface area contributed by atoms with E-state index in [0.29, 0.717) is 17.9 Å². The van der Waals surface area contributed by atoms with Crippen molar-refractivity contribution in [3.63, 3.8) is 0 Å². The van der Waals surface area contributed by atoms with Gasteiger partial charge in [0.15, 0.2) is 0 Å². The molecule has 0 aromatic heterocycles. The molecule has 1 aromatic carbocycles. The third-order valence-electron chi connectivity index (χ3n) is 2.56. The molecule has 98 valence electrons. The van der Waals surface area contributed by atoms with Crippen LogP contribution < -0.4 is 4.74 Å². The molecule has 0 bridgehead atoms. The Morgan fingerprint density at radius 1 is 1.17 bits per heavy atom. The summed E-state index contributed by atoms with van der Waals surface area (Å²) < 4.78 is 9.54. The molecule has 1 amide bonds. The normalized spacial score (nSPS) is 9.72. The van der Waals surface area contributed by atoms with E-state index >= 15 is 0 Å². The van der Waals surface area contributed by atoms with Crippen LogP contribution in [0.5, 0.6) is 5.75 Å². The van der Waals surface area contributed by atoms with Crippen LogP contribution in [0.15, 0.2) is 24.3 Å². The zero-order valence-electron chi connectivity index (χ0n) is 10.8. The maximum Gasteiger partial charge on any atom is 0.307 e. The van der Waals surface area contributed by atoms with Crippen molar-refractivity contribution in [2.75, 3.05) is 27.8 Å². The number of hydrogen-bond donors (Lipinski definition) is 0. The highest BCUT2D eigenvalue weighted by Gasteiger charge is 2.13. The fraction of sp³-hybridized carbons (Fsp3) is 0.385. The lowest BCUT2D eigenvalue weighted by molar-refractivity contribution is -0.140. The first-order chi connectivity index (χ1) is 8.58. The quantitative estimate of drug-likeness (QED) is 0.741. The minimum absolute atomic E-state index is 0.137. The van der Waals surface area contributed by atoms with E-state index in [1.807, 2.05) is 0 Å². The molecule has 0 aliphatic carbocycles. The van der Waals surface area contributed by atoms with Crippen LogP contribution in [0.2, 0.25) is 0 Å². The van der Waals surface area contributed by atoms with Crippen LogP contribution in [0.1, 0.15) is 16.8 Å². The lowest BCUT2D eigenvalue weighted by Gasteiger charge is -2.16. The first kappa shape index (κ1) is 14.0. The van der Waals surface area contributed by atoms with E-state index in [4.69, 9.17) is 4.74 Å². The van der Waals surface area contributed by atoms with Gasteiger partial charge in [-0.2, -0.15) is 0 Å². The molecule has 5 nitrogen and oxygen atoms in total. The fourth-order valence-corrected chi connectivity index (χ4v) is 1.42. The van der Waals surface area contributed by atoms with E-state index in [0.717, 1.165) is 0 Å². The summed E-state index contributed by atoms with van der Waals surface area (Å²) in [7, 11) is 4.54. The summed E-state index contributed by atoms with van der Waals surface area (Å²) >= 11 is 0. The fourth-order valence-electron chi connectivity index (χ4n) is 1.42. The predicted octanol–water partition coefficient (Wildman–Crippen LogP) is 1.33. The molecule has 0 spiro atoms. The Hall–Kier alpha value is -2.04. The molecule has 1 aromatic rings. The van der Waals surface area contributed by atoms with Crippen molar-refractivity contribution in [1.82, 2.24) is 4.90 Å². The van der Waals surface area contributed by atoms with Gasteiger partial charge in [-0.25, -0.2) is 0 Å². The molecule has 0 radical (unpaired) electrons. The van der Waals surface area contributed by atoms with E-state index in [1.54, 1.807) is 38.4 Å². The third kappa shape index (κ3) is 3.76. The molecule has 0 N–H and O–H groups in total. The largest absolute Gasteiger partial charge is 0.497 e. The molecule has 18 heavy (non-hydrogen) atoms. The first-order valence-electron chi connectivity index (χ1n) is 5.54. The average Bonchev–Trinajstić information content (AvgIpc) is 2.43. The smallest absolute Gasteiger partial charge is 0.307 e. The van der Waals surface area contributed by atoms with Gasteiger partial charge in [-0.3, -0.25) is 9.59 Å². The second-order valence-corrected chi connectivity index (χ2v) is 3.78. The third-order valence-corrected chi connectivity index (χ3v) is 2.56. The van der Waals surface area contributed by atoms with E-state index in [9.17, 15) is 9.59 Å². The monoisotopic (exact) mass is 251 g/mol. The van der Waals surface area contributed by atoms with Crippen molar-refractivity contribution in [1.29, 1.82) is 0 Å². The Bertz CT molecular complexity index is 414. The van der Waals surface area contributed by atoms with Crippen molar-refractivity contribution >= 4 is 11.9 Å². The standard InChI is InChI=1S/C13H17NO4/c1-14(9-8-12(15)18-3)13(16)10-4-6-11(17-2)7-5-10/h4-7H,8-9H2,1-3H3. The van der Waals surface area contributed by atoms with Gasteiger partial charge in [0, 0.05) is 19.2 Å². The van der Waals surface area contributed by atoms with Crippen LogP contribution in [-0.4, -0.2) is 44.6 Å². The van der Waals surface area contributed by atoms with Crippen molar-refractivity contribution in [2.45, 2.75) is 6.42 Å². The van der Waals surface area contributed by atoms with Crippen LogP contribution in [0.3, 0.4) is 0 Å². The van der Waals surface area contributed by atoms with Gasteiger partial charge in [0.25, 0.3) is 5.91 Å². The van der Waals surface area contributed by atoms with E-state index < -0.39 is 0 Å². The molecular weight excluding hydrogens is 234 g/mol. The number of esters is 1. The van der Waals surface area contributed by atoms with Gasteiger partial charge in [0.05, 0.1) is 20.6 Å². The van der Waals surface area contributed by atoms with Crippen LogP contribution >= 0.6 is 0 Å². The second kappa shape index (κ2) is 6.64. The Labute approximate surface area is 106 Å². The molecule has 0 heterocycles. The van der Waals surface area contributed by atoms with Crippen molar-refractivity contribution in [3.8, 4) is 5.75 Å². The number of benzene rings is 1. The predicted molar refractivity (Wildman–Crippen MR) is 66.6 cm³/mol. The number of hydrogen-bond acceptors (Lipinski definition) is 4. The lowest BCUT2D eigenvalue weighted by Crippen LogP contribution is -2.29. The Balaban J connectivity index is 2.59. The molecule has 0 saturated carbocycles. The Kier molecular flexibility index (Phi) is 5.17. The van der Waals surface area contributed by atoms with E-state index in [-0.39, 0.29) is 18.3 Å². The molecule has 1 rings (SSSR count). The highest BCUT2D eigenvalue weighted by atomic mass is 16.5. The SMILES string of the molecule is COC(=O)CCN(C)C(=O)c1ccc(OC)cc1. The number of carbonyl (C=O) groups excluding carboxylic acids is 2. The van der Waals surface area contributed by atoms with Gasteiger partial charge in [-0.15, -0.1) is 0 Å². The number of nitrogens with zero attached hydrogens (tertiary/aromatic N) is 1. The molecule has 0 saturated heterocycles. The molecular formula is C13H17NO4. The van der Waals surface area contributed by atoms with Crippen LogP contribution in [0, 0.1) is 0 Å². The van der Waals surface area contributed by atoms with Gasteiger partial charge in [0.1, 0.15) is 5.75 Å². The van der Waals surface area contributed by atoms with E-state index in [1.165, 1.54) is 12.0 Å². The van der Waals surface area contributed by atoms with Crippen LogP contribution in [0.4, 0.5) is 0 Å². The summed E-state index contributed by atoms with van der Waals surface area (Å²) in [6.45, 7) is 0.331. The number of ether oxygens (including phenoxy) is 2. The Morgan fingerprint density at radius 3 is 2.28 bits per heavy atom. The first-order valence-corrected chi connectivity index (χ1v) is 5.54. The molecule has 0 aliphatic rings. The zero-order valence-corrected chi connectivity index (χ0v) is 10.8. The summed E-state index contributed by atoms with van der Waals surface area (Å²) in [6, 6.07) is 6.83. The Morgan fingerprint density at radius 2 is 1.78 bits per heavy atom. The molecule has 0 atom stereocenters. The summed E-state index contributed by atoms with van der Waals surface area (Å²) in [5.74, 6) is 0.231. The summed E-state index contributed by atoms with van der Waals surface area (Å²) in [6.07, 6.45) is 0.189. The minimum Gasteiger partial charge on any atom is -0.497 e. The van der Waals surface area contributed by atoms with Gasteiger partial charge in [0.2, 0.25) is 0 Å². The molecule has 5 heteroatoms. The number of methoxy groups -OCH3 is 2. The topological polar surface area (TPSA) is 55.8 Å². The van der Waals surface area contributed by atoms with Crippen molar-refractivity contribution in [2.24, 2.45) is 0 Å². The van der Waals surface area contributed by atoms with Crippen LogP contribution in [-0.2, 0) is 9.53 Å². The number of carbonyl (C=O) groups is 2. The highest BCUT2D eigenvalue weighted by molar-refractivity contribution is 5.94. The summed E-state index contributed by atoms with van der Waals surface area (Å²) in [5, 5.41) is 0. The number of amides is 1. The number of rotatable bonds is 5. The maximum absolute atomic E-state index is 12.0. The van der Waals surface area contributed by atoms with Crippen LogP contribution in [0.25, 0.3) is 0 Å². The summed E-state index contributed by atoms with van der Waals surface area (Å²) in [5.41, 5.74) is 0.558. The van der Waals surface area contributed by atoms with Crippen molar-refractivity contribution < 1.29 is 19.1 Å². The van der Waals surface area contributed by atoms with E-state index in [2.05, 4.69) is 4.74 Å². The second-order valence-electron chi connectivity index (χ2n) is 3.78. The highest BCUT2D eigenvalue weighted by Crippen LogP contribution is 2.12. The zero-order chi connectivity index (χ0) is 13.5. The average molecular weight is 251 g/mol. The van der Waals surface area contributed by atoms with Gasteiger partial charge in [-0.05, 0) is 24.3 Å². The summed E-state index contributed by atoms with van der Waals surface area (Å²) in [4.78, 5) is 24.4.